The summed E-state index contributed by atoms with van der Waals surface area (Å²) >= 11 is 0. The van der Waals surface area contributed by atoms with Crippen LogP contribution in [0.15, 0.2) is 218 Å². The minimum Gasteiger partial charge on any atom is -0.310 e. The lowest BCUT2D eigenvalue weighted by Crippen LogP contribution is -2.30. The van der Waals surface area contributed by atoms with Crippen LogP contribution in [0.1, 0.15) is 99.9 Å². The number of rotatable bonds is 7. The van der Waals surface area contributed by atoms with Gasteiger partial charge in [-0.1, -0.05) is 213 Å². The van der Waals surface area contributed by atoms with Gasteiger partial charge in [-0.25, -0.2) is 0 Å². The zero-order valence-electron chi connectivity index (χ0n) is 45.7. The van der Waals surface area contributed by atoms with Gasteiger partial charge in [0, 0.05) is 55.2 Å². The minimum atomic E-state index is -0.251. The van der Waals surface area contributed by atoms with E-state index in [0.717, 1.165) is 22.7 Å². The molecule has 0 bridgehead atoms. The molecular weight excluding hydrogens is 941 g/mol. The lowest BCUT2D eigenvalue weighted by atomic mass is 9.59. The number of hydrogen-bond acceptors (Lipinski definition) is 2. The van der Waals surface area contributed by atoms with Crippen molar-refractivity contribution >= 4 is 77.2 Å². The van der Waals surface area contributed by atoms with Gasteiger partial charge in [-0.15, -0.1) is 0 Å². The van der Waals surface area contributed by atoms with Gasteiger partial charge in [0.15, 0.2) is 0 Å². The van der Waals surface area contributed by atoms with Crippen molar-refractivity contribution in [1.29, 1.82) is 0 Å². The molecule has 0 radical (unpaired) electrons. The predicted octanol–water partition coefficient (Wildman–Crippen LogP) is 20.8. The van der Waals surface area contributed by atoms with Crippen molar-refractivity contribution in [3.63, 3.8) is 0 Å². The molecule has 0 N–H and O–H groups in total. The first-order valence-electron chi connectivity index (χ1n) is 28.0. The zero-order valence-corrected chi connectivity index (χ0v) is 45.7. The summed E-state index contributed by atoms with van der Waals surface area (Å²) in [7, 11) is 0. The fourth-order valence-corrected chi connectivity index (χ4v) is 15.6. The molecule has 0 saturated heterocycles. The molecule has 16 rings (SSSR count). The third kappa shape index (κ3) is 5.72. The molecule has 374 valence electrons. The molecule has 0 spiro atoms. The van der Waals surface area contributed by atoms with E-state index in [9.17, 15) is 0 Å². The molecule has 78 heavy (non-hydrogen) atoms. The number of anilines is 6. The van der Waals surface area contributed by atoms with Gasteiger partial charge < -0.3 is 9.80 Å². The van der Waals surface area contributed by atoms with E-state index >= 15 is 0 Å². The summed E-state index contributed by atoms with van der Waals surface area (Å²) in [6.07, 6.45) is 0. The third-order valence-electron chi connectivity index (χ3n) is 19.4. The molecule has 0 saturated carbocycles. The largest absolute Gasteiger partial charge is 0.310 e. The van der Waals surface area contributed by atoms with E-state index in [0.29, 0.717) is 0 Å². The second kappa shape index (κ2) is 15.5. The van der Waals surface area contributed by atoms with Gasteiger partial charge in [-0.3, -0.25) is 0 Å². The molecule has 4 aliphatic carbocycles. The van der Waals surface area contributed by atoms with Crippen molar-refractivity contribution in [3.05, 3.63) is 263 Å². The first-order chi connectivity index (χ1) is 37.8. The van der Waals surface area contributed by atoms with E-state index in [4.69, 9.17) is 0 Å². The predicted molar refractivity (Wildman–Crippen MR) is 331 cm³/mol. The van der Waals surface area contributed by atoms with Gasteiger partial charge in [0.05, 0.1) is 11.4 Å². The third-order valence-corrected chi connectivity index (χ3v) is 19.4. The molecule has 12 aromatic carbocycles. The highest BCUT2D eigenvalue weighted by molar-refractivity contribution is 6.23. The monoisotopic (exact) mass is 1000 g/mol. The van der Waals surface area contributed by atoms with E-state index < -0.39 is 0 Å². The van der Waals surface area contributed by atoms with Crippen LogP contribution in [0, 0.1) is 0 Å². The Bertz CT molecular complexity index is 4210. The Morgan fingerprint density at radius 1 is 0.218 bits per heavy atom. The summed E-state index contributed by atoms with van der Waals surface area (Å²) < 4.78 is 0. The van der Waals surface area contributed by atoms with Crippen LogP contribution in [0.2, 0.25) is 0 Å². The van der Waals surface area contributed by atoms with Crippen molar-refractivity contribution in [2.24, 2.45) is 0 Å². The minimum absolute atomic E-state index is 0.248. The van der Waals surface area contributed by atoms with Gasteiger partial charge in [0.25, 0.3) is 0 Å². The Morgan fingerprint density at radius 3 is 0.731 bits per heavy atom. The zero-order chi connectivity index (χ0) is 52.8. The van der Waals surface area contributed by atoms with Gasteiger partial charge in [0.1, 0.15) is 0 Å². The molecule has 0 heterocycles. The average molecular weight is 1000 g/mol. The first-order valence-corrected chi connectivity index (χ1v) is 28.0. The summed E-state index contributed by atoms with van der Waals surface area (Å²) in [5.74, 6) is 0. The normalized spacial score (nSPS) is 15.8. The smallest absolute Gasteiger partial charge is 0.0540 e. The maximum Gasteiger partial charge on any atom is 0.0540 e. The molecular formula is C76H60N2. The molecule has 2 nitrogen and oxygen atoms in total. The van der Waals surface area contributed by atoms with Gasteiger partial charge in [0.2, 0.25) is 0 Å². The van der Waals surface area contributed by atoms with Crippen molar-refractivity contribution in [2.75, 3.05) is 9.80 Å². The van der Waals surface area contributed by atoms with Crippen LogP contribution in [0.3, 0.4) is 0 Å². The summed E-state index contributed by atoms with van der Waals surface area (Å²) in [5, 5.41) is 10.8. The molecule has 4 aliphatic rings. The quantitative estimate of drug-likeness (QED) is 0.157. The maximum atomic E-state index is 2.50. The Hall–Kier alpha value is -8.72. The topological polar surface area (TPSA) is 6.48 Å². The van der Waals surface area contributed by atoms with Crippen molar-refractivity contribution in [1.82, 2.24) is 0 Å². The summed E-state index contributed by atoms with van der Waals surface area (Å²) in [4.78, 5) is 4.90. The first kappa shape index (κ1) is 45.5. The van der Waals surface area contributed by atoms with Crippen molar-refractivity contribution in [3.8, 4) is 33.4 Å². The second-order valence-electron chi connectivity index (χ2n) is 24.7. The van der Waals surface area contributed by atoms with Gasteiger partial charge >= 0.3 is 0 Å². The van der Waals surface area contributed by atoms with E-state index in [1.807, 2.05) is 0 Å². The Balaban J connectivity index is 0.953. The van der Waals surface area contributed by atoms with Gasteiger partial charge in [-0.05, 0) is 171 Å². The number of nitrogens with zero attached hydrogens (tertiary/aromatic N) is 2. The number of para-hydroxylation sites is 4. The van der Waals surface area contributed by atoms with Crippen LogP contribution in [0.4, 0.5) is 34.1 Å². The lowest BCUT2D eigenvalue weighted by molar-refractivity contribution is 0.627. The van der Waals surface area contributed by atoms with Crippen molar-refractivity contribution < 1.29 is 0 Å². The highest BCUT2D eigenvalue weighted by atomic mass is 15.1. The highest BCUT2D eigenvalue weighted by Gasteiger charge is 2.46. The Morgan fingerprint density at radius 2 is 0.449 bits per heavy atom. The maximum absolute atomic E-state index is 2.50. The van der Waals surface area contributed by atoms with E-state index in [2.05, 4.69) is 284 Å². The molecule has 12 aromatic rings. The van der Waals surface area contributed by atoms with E-state index in [1.54, 1.807) is 0 Å². The van der Waals surface area contributed by atoms with E-state index in [-0.39, 0.29) is 21.7 Å². The molecule has 0 aliphatic heterocycles. The molecule has 2 heteroatoms. The SMILES string of the molecule is CC1(C)c2ccc3c(N(c4ccccc4)c4ccccc4)ccc4c3c2-c2c(ccc3c(-c5ccc6c7c8c(ccc57)C(C)(C)c5ccc(N(c7ccccc7)c7ccccc7)c7ccc(c-8c57)C6(C)C)ccc1c23)C4(C)C. The van der Waals surface area contributed by atoms with Crippen molar-refractivity contribution in [2.45, 2.75) is 77.0 Å². The highest BCUT2D eigenvalue weighted by Crippen LogP contribution is 2.63. The van der Waals surface area contributed by atoms with Crippen LogP contribution in [-0.2, 0) is 21.7 Å². The standard InChI is InChI=1S/C76H60N2/c1-73(2)55-35-29-49(51-31-37-59-69(65(51)55)71-61(73)39-33-53-63(43-41-57(67(53)71)75(59,5)6)77(45-21-13-9-14-22-45)46-23-15-10-16-24-46)50-30-36-56-66-52(50)32-38-60-70(66)72-62(74(56,3)4)40-34-54-64(44-42-58(68(54)72)76(60,7)8)78(47-25-17-11-18-26-47)48-27-19-12-20-28-48/h9-44H,1-8H3. The summed E-state index contributed by atoms with van der Waals surface area (Å²) in [6.45, 7) is 19.7. The Kier molecular flexibility index (Phi) is 9.03. The average Bonchev–Trinajstić information content (AvgIpc) is 1.51. The fourth-order valence-electron chi connectivity index (χ4n) is 15.6. The van der Waals surface area contributed by atoms with Crippen LogP contribution in [-0.4, -0.2) is 0 Å². The second-order valence-corrected chi connectivity index (χ2v) is 24.7. The molecule has 0 aromatic heterocycles. The van der Waals surface area contributed by atoms with Crippen LogP contribution >= 0.6 is 0 Å². The van der Waals surface area contributed by atoms with Crippen LogP contribution in [0.5, 0.6) is 0 Å². The number of benzene rings is 12. The van der Waals surface area contributed by atoms with E-state index in [1.165, 1.54) is 132 Å². The molecule has 0 atom stereocenters. The Labute approximate surface area is 457 Å². The molecule has 0 unspecified atom stereocenters. The van der Waals surface area contributed by atoms with Crippen LogP contribution < -0.4 is 9.80 Å². The molecule has 0 amide bonds. The number of hydrogen-bond donors (Lipinski definition) is 0. The summed E-state index contributed by atoms with van der Waals surface area (Å²) in [5.41, 5.74) is 25.4. The molecule has 0 fully saturated rings. The lowest BCUT2D eigenvalue weighted by Gasteiger charge is -2.44. The van der Waals surface area contributed by atoms with Gasteiger partial charge in [-0.2, -0.15) is 0 Å². The summed E-state index contributed by atoms with van der Waals surface area (Å²) in [6, 6.07) is 82.8. The fraction of sp³-hybridized carbons (Fsp3) is 0.158. The van der Waals surface area contributed by atoms with Crippen LogP contribution in [0.25, 0.3) is 76.5 Å².